The van der Waals surface area contributed by atoms with Crippen LogP contribution in [0.1, 0.15) is 0 Å². The molecule has 0 fully saturated rings. The first-order valence-electron chi connectivity index (χ1n) is 2.25. The lowest BCUT2D eigenvalue weighted by molar-refractivity contribution is -0.0979. The van der Waals surface area contributed by atoms with Crippen molar-refractivity contribution in [3.8, 4) is 0 Å². The molecule has 0 bridgehead atoms. The second-order valence-electron chi connectivity index (χ2n) is 1.08. The summed E-state index contributed by atoms with van der Waals surface area (Å²) in [5, 5.41) is 8.99. The van der Waals surface area contributed by atoms with Crippen LogP contribution in [0.3, 0.4) is 0 Å². The molecule has 5 nitrogen and oxygen atoms in total. The van der Waals surface area contributed by atoms with Crippen LogP contribution in [0, 0.1) is 0 Å². The van der Waals surface area contributed by atoms with Gasteiger partial charge in [-0.1, -0.05) is 0 Å². The van der Waals surface area contributed by atoms with Gasteiger partial charge in [0.05, 0.1) is 0 Å². The summed E-state index contributed by atoms with van der Waals surface area (Å²) < 4.78 is 0. The average molecular weight is 128 g/mol. The van der Waals surface area contributed by atoms with E-state index in [4.69, 9.17) is 4.79 Å². The van der Waals surface area contributed by atoms with E-state index in [0.717, 1.165) is 0 Å². The van der Waals surface area contributed by atoms with Crippen molar-refractivity contribution in [2.45, 2.75) is 0 Å². The number of nitrogens with zero attached hydrogens (tertiary/aromatic N) is 2. The van der Waals surface area contributed by atoms with Crippen molar-refractivity contribution in [3.05, 3.63) is 6.33 Å². The molecular formula is C4H8N4O. The Morgan fingerprint density at radius 1 is 1.78 bits per heavy atom. The van der Waals surface area contributed by atoms with Gasteiger partial charge in [0.2, 0.25) is 5.95 Å². The van der Waals surface area contributed by atoms with E-state index in [0.29, 0.717) is 5.95 Å². The zero-order valence-corrected chi connectivity index (χ0v) is 5.09. The van der Waals surface area contributed by atoms with E-state index < -0.39 is 0 Å². The molecule has 0 aliphatic heterocycles. The number of rotatable bonds is 1. The molecule has 5 heteroatoms. The summed E-state index contributed by atoms with van der Waals surface area (Å²) in [4.78, 5) is 11.8. The fourth-order valence-corrected chi connectivity index (χ4v) is 0.326. The molecule has 0 saturated heterocycles. The van der Waals surface area contributed by atoms with Gasteiger partial charge in [-0.2, -0.15) is 5.10 Å². The molecule has 0 aromatic carbocycles. The van der Waals surface area contributed by atoms with Gasteiger partial charge in [0.1, 0.15) is 13.1 Å². The molecule has 0 amide bonds. The van der Waals surface area contributed by atoms with Crippen molar-refractivity contribution in [2.24, 2.45) is 0 Å². The van der Waals surface area contributed by atoms with Gasteiger partial charge in [-0.05, 0) is 0 Å². The number of aromatic nitrogens is 3. The minimum atomic E-state index is 0.694. The molecule has 9 heavy (non-hydrogen) atoms. The van der Waals surface area contributed by atoms with Crippen LogP contribution in [0.25, 0.3) is 0 Å². The second kappa shape index (κ2) is 4.76. The summed E-state index contributed by atoms with van der Waals surface area (Å²) >= 11 is 0. The topological polar surface area (TPSA) is 70.7 Å². The Kier molecular flexibility index (Phi) is 4.03. The Labute approximate surface area is 52.5 Å². The Morgan fingerprint density at radius 3 is 2.67 bits per heavy atom. The van der Waals surface area contributed by atoms with Crippen molar-refractivity contribution in [1.29, 1.82) is 0 Å². The average Bonchev–Trinajstić information content (AvgIpc) is 2.43. The third-order valence-corrected chi connectivity index (χ3v) is 0.652. The van der Waals surface area contributed by atoms with E-state index in [1.54, 1.807) is 7.05 Å². The van der Waals surface area contributed by atoms with Gasteiger partial charge in [0, 0.05) is 7.05 Å². The van der Waals surface area contributed by atoms with Crippen LogP contribution in [0.15, 0.2) is 6.33 Å². The molecule has 0 aliphatic carbocycles. The van der Waals surface area contributed by atoms with Gasteiger partial charge in [-0.15, -0.1) is 0 Å². The van der Waals surface area contributed by atoms with Crippen molar-refractivity contribution >= 4 is 12.7 Å². The molecule has 0 saturated carbocycles. The summed E-state index contributed by atoms with van der Waals surface area (Å²) in [6.45, 7) is 2.00. The molecule has 1 heterocycles. The van der Waals surface area contributed by atoms with E-state index in [1.165, 1.54) is 6.33 Å². The number of anilines is 1. The highest BCUT2D eigenvalue weighted by Crippen LogP contribution is 1.85. The van der Waals surface area contributed by atoms with Crippen LogP contribution in [0.4, 0.5) is 5.95 Å². The molecule has 50 valence electrons. The minimum absolute atomic E-state index is 0.694. The normalized spacial score (nSPS) is 7.22. The van der Waals surface area contributed by atoms with Gasteiger partial charge in [0.15, 0.2) is 0 Å². The van der Waals surface area contributed by atoms with Crippen molar-refractivity contribution < 1.29 is 4.79 Å². The standard InChI is InChI=1S/C3H6N4.CH2O/c1-4-3-5-2-6-7-3;1-2/h2H,1H3,(H2,4,5,6,7);1H2. The van der Waals surface area contributed by atoms with Gasteiger partial charge in [-0.3, -0.25) is 0 Å². The molecule has 0 aliphatic rings. The SMILES string of the molecule is C=O.CNc1ncn[nH]1. The van der Waals surface area contributed by atoms with E-state index in [1.807, 2.05) is 6.79 Å². The smallest absolute Gasteiger partial charge is 0.218 e. The van der Waals surface area contributed by atoms with Crippen LogP contribution in [-0.4, -0.2) is 29.0 Å². The third-order valence-electron chi connectivity index (χ3n) is 0.652. The molecule has 1 rings (SSSR count). The van der Waals surface area contributed by atoms with E-state index in [2.05, 4.69) is 20.5 Å². The lowest BCUT2D eigenvalue weighted by atomic mass is 11.0. The highest BCUT2D eigenvalue weighted by Gasteiger charge is 1.82. The van der Waals surface area contributed by atoms with Crippen molar-refractivity contribution in [1.82, 2.24) is 15.2 Å². The fraction of sp³-hybridized carbons (Fsp3) is 0.250. The third kappa shape index (κ3) is 2.43. The second-order valence-corrected chi connectivity index (χ2v) is 1.08. The van der Waals surface area contributed by atoms with Gasteiger partial charge < -0.3 is 10.1 Å². The maximum atomic E-state index is 8.00. The van der Waals surface area contributed by atoms with E-state index in [-0.39, 0.29) is 0 Å². The van der Waals surface area contributed by atoms with Gasteiger partial charge in [-0.25, -0.2) is 10.1 Å². The number of hydrogen-bond acceptors (Lipinski definition) is 4. The number of H-pyrrole nitrogens is 1. The van der Waals surface area contributed by atoms with E-state index >= 15 is 0 Å². The van der Waals surface area contributed by atoms with Crippen LogP contribution in [0.5, 0.6) is 0 Å². The summed E-state index contributed by atoms with van der Waals surface area (Å²) in [6, 6.07) is 0. The van der Waals surface area contributed by atoms with Crippen molar-refractivity contribution in [3.63, 3.8) is 0 Å². The molecule has 0 spiro atoms. The Balaban J connectivity index is 0.000000291. The first kappa shape index (κ1) is 7.61. The summed E-state index contributed by atoms with van der Waals surface area (Å²) in [5.74, 6) is 0.694. The number of carbonyl (C=O) groups excluding carboxylic acids is 1. The molecular weight excluding hydrogens is 120 g/mol. The first-order valence-corrected chi connectivity index (χ1v) is 2.25. The summed E-state index contributed by atoms with van der Waals surface area (Å²) in [5.41, 5.74) is 0. The zero-order chi connectivity index (χ0) is 7.11. The molecule has 2 N–H and O–H groups in total. The monoisotopic (exact) mass is 128 g/mol. The fourth-order valence-electron chi connectivity index (χ4n) is 0.326. The molecule has 0 atom stereocenters. The Bertz CT molecular complexity index is 138. The molecule has 1 aromatic rings. The highest BCUT2D eigenvalue weighted by atomic mass is 16.1. The van der Waals surface area contributed by atoms with Crippen LogP contribution < -0.4 is 5.32 Å². The van der Waals surface area contributed by atoms with Crippen LogP contribution in [-0.2, 0) is 4.79 Å². The lowest BCUT2D eigenvalue weighted by Crippen LogP contribution is -1.88. The molecule has 1 aromatic heterocycles. The predicted octanol–water partition coefficient (Wildman–Crippen LogP) is -0.339. The number of aromatic amines is 1. The quantitative estimate of drug-likeness (QED) is 0.543. The van der Waals surface area contributed by atoms with E-state index in [9.17, 15) is 0 Å². The largest absolute Gasteiger partial charge is 0.358 e. The molecule has 0 unspecified atom stereocenters. The van der Waals surface area contributed by atoms with Crippen LogP contribution in [0.2, 0.25) is 0 Å². The van der Waals surface area contributed by atoms with Crippen molar-refractivity contribution in [2.75, 3.05) is 12.4 Å². The van der Waals surface area contributed by atoms with Gasteiger partial charge >= 0.3 is 0 Å². The maximum Gasteiger partial charge on any atom is 0.218 e. The number of nitrogens with one attached hydrogen (secondary N) is 2. The Hall–Kier alpha value is -1.39. The Morgan fingerprint density at radius 2 is 2.44 bits per heavy atom. The van der Waals surface area contributed by atoms with Crippen LogP contribution >= 0.6 is 0 Å². The molecule has 0 radical (unpaired) electrons. The summed E-state index contributed by atoms with van der Waals surface area (Å²) in [6.07, 6.45) is 1.45. The predicted molar refractivity (Wildman–Crippen MR) is 33.1 cm³/mol. The summed E-state index contributed by atoms with van der Waals surface area (Å²) in [7, 11) is 1.78. The number of hydrogen-bond donors (Lipinski definition) is 2. The minimum Gasteiger partial charge on any atom is -0.358 e. The maximum absolute atomic E-state index is 8.00. The number of carbonyl (C=O) groups is 1. The van der Waals surface area contributed by atoms with Gasteiger partial charge in [0.25, 0.3) is 0 Å². The first-order chi connectivity index (χ1) is 4.43. The lowest BCUT2D eigenvalue weighted by Gasteiger charge is -1.83. The zero-order valence-electron chi connectivity index (χ0n) is 5.09. The highest BCUT2D eigenvalue weighted by molar-refractivity contribution is 5.17.